The third-order valence-corrected chi connectivity index (χ3v) is 2.39. The second kappa shape index (κ2) is 5.14. The topological polar surface area (TPSA) is 61.4 Å². The van der Waals surface area contributed by atoms with E-state index in [2.05, 4.69) is 10.6 Å². The summed E-state index contributed by atoms with van der Waals surface area (Å²) in [6.45, 7) is 6.03. The number of benzene rings is 1. The van der Waals surface area contributed by atoms with Crippen LogP contribution in [0.1, 0.15) is 20.8 Å². The number of amides is 1. The van der Waals surface area contributed by atoms with Gasteiger partial charge in [0.05, 0.1) is 5.54 Å². The predicted molar refractivity (Wildman–Crippen MR) is 64.5 cm³/mol. The lowest BCUT2D eigenvalue weighted by Gasteiger charge is -2.24. The number of phenols is 1. The van der Waals surface area contributed by atoms with E-state index in [1.165, 1.54) is 12.1 Å². The van der Waals surface area contributed by atoms with E-state index in [0.717, 1.165) is 6.07 Å². The number of halogens is 1. The second-order valence-corrected chi connectivity index (χ2v) is 4.28. The molecule has 0 aliphatic rings. The van der Waals surface area contributed by atoms with Crippen molar-refractivity contribution in [2.45, 2.75) is 26.3 Å². The average Bonchev–Trinajstić information content (AvgIpc) is 2.23. The fourth-order valence-corrected chi connectivity index (χ4v) is 1.39. The Hall–Kier alpha value is -1.62. The lowest BCUT2D eigenvalue weighted by molar-refractivity contribution is -0.121. The first-order chi connectivity index (χ1) is 7.86. The molecule has 0 aliphatic carbocycles. The van der Waals surface area contributed by atoms with Gasteiger partial charge in [0, 0.05) is 11.8 Å². The lowest BCUT2D eigenvalue weighted by Crippen LogP contribution is -2.49. The van der Waals surface area contributed by atoms with Crippen molar-refractivity contribution < 1.29 is 14.3 Å². The number of carbonyl (C=O) groups is 1. The summed E-state index contributed by atoms with van der Waals surface area (Å²) in [4.78, 5) is 11.9. The minimum atomic E-state index is -0.760. The number of carbonyl (C=O) groups excluding carboxylic acids is 1. The number of hydrogen-bond acceptors (Lipinski definition) is 3. The monoisotopic (exact) mass is 240 g/mol. The van der Waals surface area contributed by atoms with Gasteiger partial charge in [-0.3, -0.25) is 4.79 Å². The van der Waals surface area contributed by atoms with E-state index < -0.39 is 17.1 Å². The highest BCUT2D eigenvalue weighted by molar-refractivity contribution is 5.97. The standard InChI is InChI=1S/C12H17FN2O2/c1-4-14-12(2,3)11(17)15-8-5-6-10(16)9(13)7-8/h5-7,14,16H,4H2,1-3H3,(H,15,17). The van der Waals surface area contributed by atoms with Crippen molar-refractivity contribution in [1.82, 2.24) is 5.32 Å². The summed E-state index contributed by atoms with van der Waals surface area (Å²) in [5.74, 6) is -1.46. The molecule has 0 aliphatic heterocycles. The molecule has 1 rings (SSSR count). The van der Waals surface area contributed by atoms with E-state index in [9.17, 15) is 9.18 Å². The molecule has 1 aromatic rings. The Morgan fingerprint density at radius 2 is 2.12 bits per heavy atom. The highest BCUT2D eigenvalue weighted by atomic mass is 19.1. The van der Waals surface area contributed by atoms with Crippen LogP contribution in [0.4, 0.5) is 10.1 Å². The first kappa shape index (κ1) is 13.4. The van der Waals surface area contributed by atoms with Gasteiger partial charge in [-0.15, -0.1) is 0 Å². The zero-order valence-corrected chi connectivity index (χ0v) is 10.2. The van der Waals surface area contributed by atoms with Crippen LogP contribution in [0.25, 0.3) is 0 Å². The number of likely N-dealkylation sites (N-methyl/N-ethyl adjacent to an activating group) is 1. The fourth-order valence-electron chi connectivity index (χ4n) is 1.39. The molecular formula is C12H17FN2O2. The van der Waals surface area contributed by atoms with E-state index >= 15 is 0 Å². The van der Waals surface area contributed by atoms with Gasteiger partial charge in [-0.1, -0.05) is 6.92 Å². The van der Waals surface area contributed by atoms with E-state index in [1.807, 2.05) is 6.92 Å². The fraction of sp³-hybridized carbons (Fsp3) is 0.417. The quantitative estimate of drug-likeness (QED) is 0.704. The molecule has 94 valence electrons. The number of anilines is 1. The molecule has 0 spiro atoms. The Morgan fingerprint density at radius 1 is 1.47 bits per heavy atom. The van der Waals surface area contributed by atoms with Crippen molar-refractivity contribution in [3.63, 3.8) is 0 Å². The van der Waals surface area contributed by atoms with Crippen molar-refractivity contribution in [2.75, 3.05) is 11.9 Å². The third-order valence-electron chi connectivity index (χ3n) is 2.39. The van der Waals surface area contributed by atoms with Gasteiger partial charge in [-0.05, 0) is 32.5 Å². The Balaban J connectivity index is 2.77. The molecule has 5 heteroatoms. The number of nitrogens with one attached hydrogen (secondary N) is 2. The van der Waals surface area contributed by atoms with E-state index in [-0.39, 0.29) is 5.91 Å². The van der Waals surface area contributed by atoms with Gasteiger partial charge in [0.15, 0.2) is 11.6 Å². The van der Waals surface area contributed by atoms with Gasteiger partial charge in [-0.2, -0.15) is 0 Å². The number of hydrogen-bond donors (Lipinski definition) is 3. The normalized spacial score (nSPS) is 11.3. The molecule has 0 aromatic heterocycles. The van der Waals surface area contributed by atoms with Gasteiger partial charge >= 0.3 is 0 Å². The van der Waals surface area contributed by atoms with E-state index in [0.29, 0.717) is 12.2 Å². The summed E-state index contributed by atoms with van der Waals surface area (Å²) in [6.07, 6.45) is 0. The van der Waals surface area contributed by atoms with Crippen LogP contribution >= 0.6 is 0 Å². The Labute approximate surface area is 99.8 Å². The molecule has 0 saturated carbocycles. The van der Waals surface area contributed by atoms with Crippen LogP contribution in [-0.4, -0.2) is 23.1 Å². The third kappa shape index (κ3) is 3.42. The van der Waals surface area contributed by atoms with Crippen molar-refractivity contribution >= 4 is 11.6 Å². The predicted octanol–water partition coefficient (Wildman–Crippen LogP) is 1.86. The van der Waals surface area contributed by atoms with Crippen LogP contribution in [0.3, 0.4) is 0 Å². The maximum absolute atomic E-state index is 13.1. The van der Waals surface area contributed by atoms with Gasteiger partial charge in [0.25, 0.3) is 0 Å². The lowest BCUT2D eigenvalue weighted by atomic mass is 10.0. The number of aromatic hydroxyl groups is 1. The van der Waals surface area contributed by atoms with Crippen molar-refractivity contribution in [3.05, 3.63) is 24.0 Å². The molecule has 1 aromatic carbocycles. The largest absolute Gasteiger partial charge is 0.505 e. The van der Waals surface area contributed by atoms with Crippen LogP contribution < -0.4 is 10.6 Å². The molecular weight excluding hydrogens is 223 g/mol. The smallest absolute Gasteiger partial charge is 0.244 e. The zero-order valence-electron chi connectivity index (χ0n) is 10.2. The maximum atomic E-state index is 13.1. The van der Waals surface area contributed by atoms with Crippen LogP contribution in [0, 0.1) is 5.82 Å². The molecule has 0 saturated heterocycles. The minimum Gasteiger partial charge on any atom is -0.505 e. The summed E-state index contributed by atoms with van der Waals surface area (Å²) >= 11 is 0. The maximum Gasteiger partial charge on any atom is 0.244 e. The van der Waals surface area contributed by atoms with Gasteiger partial charge in [0.2, 0.25) is 5.91 Å². The second-order valence-electron chi connectivity index (χ2n) is 4.28. The van der Waals surface area contributed by atoms with Crippen LogP contribution in [0.5, 0.6) is 5.75 Å². The molecule has 17 heavy (non-hydrogen) atoms. The molecule has 0 fully saturated rings. The van der Waals surface area contributed by atoms with Gasteiger partial charge in [-0.25, -0.2) is 4.39 Å². The Morgan fingerprint density at radius 3 is 2.65 bits per heavy atom. The van der Waals surface area contributed by atoms with Crippen LogP contribution in [0.15, 0.2) is 18.2 Å². The van der Waals surface area contributed by atoms with E-state index in [1.54, 1.807) is 13.8 Å². The Kier molecular flexibility index (Phi) is 4.07. The highest BCUT2D eigenvalue weighted by Crippen LogP contribution is 2.20. The molecule has 1 amide bonds. The summed E-state index contributed by atoms with van der Waals surface area (Å²) in [6, 6.07) is 3.72. The number of phenolic OH excluding ortho intramolecular Hbond substituents is 1. The molecule has 4 nitrogen and oxygen atoms in total. The van der Waals surface area contributed by atoms with Gasteiger partial charge < -0.3 is 15.7 Å². The first-order valence-corrected chi connectivity index (χ1v) is 5.42. The van der Waals surface area contributed by atoms with Crippen molar-refractivity contribution in [1.29, 1.82) is 0 Å². The van der Waals surface area contributed by atoms with Crippen molar-refractivity contribution in [2.24, 2.45) is 0 Å². The molecule has 0 radical (unpaired) electrons. The molecule has 0 atom stereocenters. The van der Waals surface area contributed by atoms with E-state index in [4.69, 9.17) is 5.11 Å². The van der Waals surface area contributed by atoms with Gasteiger partial charge in [0.1, 0.15) is 0 Å². The summed E-state index contributed by atoms with van der Waals surface area (Å²) in [7, 11) is 0. The van der Waals surface area contributed by atoms with Crippen LogP contribution in [0.2, 0.25) is 0 Å². The molecule has 0 unspecified atom stereocenters. The SMILES string of the molecule is CCNC(C)(C)C(=O)Nc1ccc(O)c(F)c1. The molecule has 0 bridgehead atoms. The Bertz CT molecular complexity index is 419. The molecule has 3 N–H and O–H groups in total. The molecule has 0 heterocycles. The summed E-state index contributed by atoms with van der Waals surface area (Å²) < 4.78 is 13.1. The number of rotatable bonds is 4. The van der Waals surface area contributed by atoms with Crippen molar-refractivity contribution in [3.8, 4) is 5.75 Å². The summed E-state index contributed by atoms with van der Waals surface area (Å²) in [5, 5.41) is 14.6. The zero-order chi connectivity index (χ0) is 13.1. The van der Waals surface area contributed by atoms with Crippen LogP contribution in [-0.2, 0) is 4.79 Å². The highest BCUT2D eigenvalue weighted by Gasteiger charge is 2.26. The minimum absolute atomic E-state index is 0.260. The average molecular weight is 240 g/mol. The first-order valence-electron chi connectivity index (χ1n) is 5.42. The summed E-state index contributed by atoms with van der Waals surface area (Å²) in [5.41, 5.74) is -0.417.